The number of hydrogen-bond donors (Lipinski definition) is 0. The third-order valence-electron chi connectivity index (χ3n) is 3.06. The van der Waals surface area contributed by atoms with E-state index in [-0.39, 0.29) is 6.42 Å². The molecular weight excluding hydrogens is 349 g/mol. The van der Waals surface area contributed by atoms with Crippen LogP contribution in [0.4, 0.5) is 26.3 Å². The van der Waals surface area contributed by atoms with E-state index < -0.39 is 45.0 Å². The van der Waals surface area contributed by atoms with Crippen LogP contribution < -0.4 is 0 Å². The van der Waals surface area contributed by atoms with Gasteiger partial charge in [-0.15, -0.1) is 0 Å². The van der Waals surface area contributed by atoms with Gasteiger partial charge in [-0.1, -0.05) is 39.5 Å². The molecular formula is C13H23F6O3P. The highest BCUT2D eigenvalue weighted by Gasteiger charge is 2.47. The molecule has 0 aliphatic carbocycles. The Morgan fingerprint density at radius 2 is 1.35 bits per heavy atom. The van der Waals surface area contributed by atoms with Crippen LogP contribution >= 0.6 is 7.60 Å². The van der Waals surface area contributed by atoms with Crippen molar-refractivity contribution in [2.75, 3.05) is 6.66 Å². The monoisotopic (exact) mass is 372 g/mol. The fourth-order valence-electron chi connectivity index (χ4n) is 1.89. The highest BCUT2D eigenvalue weighted by atomic mass is 31.2. The van der Waals surface area contributed by atoms with Crippen molar-refractivity contribution in [2.24, 2.45) is 0 Å². The fourth-order valence-corrected chi connectivity index (χ4v) is 3.35. The zero-order chi connectivity index (χ0) is 18.3. The predicted octanol–water partition coefficient (Wildman–Crippen LogP) is 6.08. The van der Waals surface area contributed by atoms with E-state index in [0.29, 0.717) is 13.1 Å². The van der Waals surface area contributed by atoms with Gasteiger partial charge in [0.25, 0.3) is 0 Å². The summed E-state index contributed by atoms with van der Waals surface area (Å²) in [5.74, 6) is 0. The third-order valence-corrected chi connectivity index (χ3v) is 4.33. The van der Waals surface area contributed by atoms with Crippen LogP contribution in [0.25, 0.3) is 0 Å². The molecule has 0 unspecified atom stereocenters. The number of rotatable bonds is 10. The van der Waals surface area contributed by atoms with Gasteiger partial charge in [0.1, 0.15) is 0 Å². The summed E-state index contributed by atoms with van der Waals surface area (Å²) < 4.78 is 97.1. The first-order valence-electron chi connectivity index (χ1n) is 7.41. The molecule has 0 aliphatic heterocycles. The molecule has 0 aliphatic rings. The minimum Gasteiger partial charge on any atom is -0.296 e. The van der Waals surface area contributed by atoms with Crippen LogP contribution in [0.5, 0.6) is 0 Å². The molecule has 23 heavy (non-hydrogen) atoms. The van der Waals surface area contributed by atoms with E-state index >= 15 is 0 Å². The molecule has 0 aromatic heterocycles. The summed E-state index contributed by atoms with van der Waals surface area (Å²) in [5, 5.41) is 0. The van der Waals surface area contributed by atoms with Crippen molar-refractivity contribution in [1.82, 2.24) is 0 Å². The molecule has 10 heteroatoms. The van der Waals surface area contributed by atoms with Crippen molar-refractivity contribution in [3.8, 4) is 0 Å². The highest BCUT2D eigenvalue weighted by Crippen LogP contribution is 2.51. The minimum absolute atomic E-state index is 0.175. The Hall–Kier alpha value is -0.270. The molecule has 0 saturated heterocycles. The van der Waals surface area contributed by atoms with Crippen molar-refractivity contribution in [1.29, 1.82) is 0 Å². The first kappa shape index (κ1) is 22.7. The molecule has 0 fully saturated rings. The summed E-state index contributed by atoms with van der Waals surface area (Å²) >= 11 is 0. The Bertz CT molecular complexity index is 383. The smallest absolute Gasteiger partial charge is 0.296 e. The first-order valence-corrected chi connectivity index (χ1v) is 9.40. The highest BCUT2D eigenvalue weighted by molar-refractivity contribution is 7.53. The second-order valence-electron chi connectivity index (χ2n) is 5.30. The summed E-state index contributed by atoms with van der Waals surface area (Å²) in [6.45, 7) is 3.64. The van der Waals surface area contributed by atoms with Gasteiger partial charge in [0.05, 0.1) is 0 Å². The zero-order valence-corrected chi connectivity index (χ0v) is 14.2. The van der Waals surface area contributed by atoms with Gasteiger partial charge in [-0.3, -0.25) is 13.6 Å². The lowest BCUT2D eigenvalue weighted by atomic mass is 10.1. The van der Waals surface area contributed by atoms with E-state index in [0.717, 1.165) is 19.8 Å². The zero-order valence-electron chi connectivity index (χ0n) is 13.3. The van der Waals surface area contributed by atoms with Crippen LogP contribution in [-0.4, -0.2) is 31.2 Å². The van der Waals surface area contributed by atoms with Crippen molar-refractivity contribution in [3.05, 3.63) is 0 Å². The second-order valence-corrected chi connectivity index (χ2v) is 7.26. The maximum absolute atomic E-state index is 12.9. The molecule has 0 heterocycles. The standard InChI is InChI=1S/C13H23F6O3P/c1-4-6-7-8-9-11(13(17,18)19)22-23(3,20)21-10(5-2)12(14,15)16/h10-11H,4-9H2,1-3H3/t10-,11+,23-/m0/s1. The Balaban J connectivity index is 4.85. The third kappa shape index (κ3) is 9.57. The van der Waals surface area contributed by atoms with Crippen molar-refractivity contribution in [3.63, 3.8) is 0 Å². The van der Waals surface area contributed by atoms with Crippen LogP contribution in [0.1, 0.15) is 52.4 Å². The van der Waals surface area contributed by atoms with Crippen molar-refractivity contribution in [2.45, 2.75) is 76.9 Å². The molecule has 3 atom stereocenters. The van der Waals surface area contributed by atoms with E-state index in [1.54, 1.807) is 0 Å². The lowest BCUT2D eigenvalue weighted by Gasteiger charge is -2.27. The lowest BCUT2D eigenvalue weighted by Crippen LogP contribution is -2.34. The Morgan fingerprint density at radius 3 is 1.74 bits per heavy atom. The molecule has 0 N–H and O–H groups in total. The van der Waals surface area contributed by atoms with Gasteiger partial charge in [0.2, 0.25) is 0 Å². The quantitative estimate of drug-likeness (QED) is 0.265. The number of alkyl halides is 6. The van der Waals surface area contributed by atoms with E-state index in [1.807, 2.05) is 6.92 Å². The van der Waals surface area contributed by atoms with E-state index in [4.69, 9.17) is 0 Å². The van der Waals surface area contributed by atoms with Crippen molar-refractivity contribution < 1.29 is 40.0 Å². The van der Waals surface area contributed by atoms with Gasteiger partial charge >= 0.3 is 19.9 Å². The van der Waals surface area contributed by atoms with Gasteiger partial charge in [-0.05, 0) is 12.8 Å². The molecule has 0 bridgehead atoms. The van der Waals surface area contributed by atoms with E-state index in [2.05, 4.69) is 9.05 Å². The summed E-state index contributed by atoms with van der Waals surface area (Å²) in [4.78, 5) is 0. The Morgan fingerprint density at radius 1 is 0.870 bits per heavy atom. The summed E-state index contributed by atoms with van der Waals surface area (Å²) in [5.41, 5.74) is 0. The fraction of sp³-hybridized carbons (Fsp3) is 1.00. The minimum atomic E-state index is -4.82. The van der Waals surface area contributed by atoms with Crippen LogP contribution in [-0.2, 0) is 13.6 Å². The lowest BCUT2D eigenvalue weighted by molar-refractivity contribution is -0.211. The molecule has 0 spiro atoms. The van der Waals surface area contributed by atoms with Crippen LogP contribution in [0.2, 0.25) is 0 Å². The largest absolute Gasteiger partial charge is 0.415 e. The maximum atomic E-state index is 12.9. The molecule has 3 nitrogen and oxygen atoms in total. The van der Waals surface area contributed by atoms with Crippen LogP contribution in [0.3, 0.4) is 0 Å². The molecule has 0 aromatic rings. The summed E-state index contributed by atoms with van der Waals surface area (Å²) in [6.07, 6.45) is -13.2. The van der Waals surface area contributed by atoms with Crippen LogP contribution in [0, 0.1) is 0 Å². The van der Waals surface area contributed by atoms with Gasteiger partial charge in [0.15, 0.2) is 12.2 Å². The number of hydrogen-bond acceptors (Lipinski definition) is 3. The Labute approximate surface area is 132 Å². The van der Waals surface area contributed by atoms with E-state index in [1.165, 1.54) is 0 Å². The SMILES string of the molecule is CCCCCC[C@@H](O[P@@](C)(=O)O[C@@H](CC)C(F)(F)F)C(F)(F)F. The Kier molecular flexibility index (Phi) is 9.17. The van der Waals surface area contributed by atoms with E-state index in [9.17, 15) is 30.9 Å². The molecule has 0 radical (unpaired) electrons. The van der Waals surface area contributed by atoms with Crippen LogP contribution in [0.15, 0.2) is 0 Å². The maximum Gasteiger partial charge on any atom is 0.415 e. The van der Waals surface area contributed by atoms with Gasteiger partial charge < -0.3 is 0 Å². The first-order chi connectivity index (χ1) is 10.3. The van der Waals surface area contributed by atoms with Gasteiger partial charge in [-0.2, -0.15) is 26.3 Å². The second kappa shape index (κ2) is 9.28. The molecule has 0 rings (SSSR count). The normalized spacial score (nSPS) is 18.5. The number of unbranched alkanes of at least 4 members (excludes halogenated alkanes) is 3. The average Bonchev–Trinajstić information content (AvgIpc) is 2.37. The predicted molar refractivity (Wildman–Crippen MR) is 74.4 cm³/mol. The molecule has 140 valence electrons. The van der Waals surface area contributed by atoms with Gasteiger partial charge in [-0.25, -0.2) is 0 Å². The topological polar surface area (TPSA) is 35.5 Å². The molecule has 0 aromatic carbocycles. The number of halogens is 6. The summed E-state index contributed by atoms with van der Waals surface area (Å²) in [7, 11) is -4.51. The molecule has 0 amide bonds. The van der Waals surface area contributed by atoms with Gasteiger partial charge in [0, 0.05) is 6.66 Å². The average molecular weight is 372 g/mol. The van der Waals surface area contributed by atoms with Crippen molar-refractivity contribution >= 4 is 7.60 Å². The summed E-state index contributed by atoms with van der Waals surface area (Å²) in [6, 6.07) is 0. The molecule has 0 saturated carbocycles.